The van der Waals surface area contributed by atoms with E-state index in [2.05, 4.69) is 30.1 Å². The molecule has 0 radical (unpaired) electrons. The molecule has 0 aliphatic rings. The van der Waals surface area contributed by atoms with Gasteiger partial charge in [-0.2, -0.15) is 0 Å². The Morgan fingerprint density at radius 2 is 2.00 bits per heavy atom. The number of rotatable bonds is 3. The van der Waals surface area contributed by atoms with Gasteiger partial charge in [0.25, 0.3) is 0 Å². The van der Waals surface area contributed by atoms with Crippen LogP contribution in [0, 0.1) is 6.92 Å². The summed E-state index contributed by atoms with van der Waals surface area (Å²) in [6.07, 6.45) is 6.86. The highest BCUT2D eigenvalue weighted by molar-refractivity contribution is 7.98. The number of hydrogen-bond donors (Lipinski definition) is 0. The normalized spacial score (nSPS) is 10.6. The van der Waals surface area contributed by atoms with Crippen molar-refractivity contribution < 1.29 is 4.42 Å². The summed E-state index contributed by atoms with van der Waals surface area (Å²) in [6.45, 7) is 2.05. The molecule has 0 unspecified atom stereocenters. The van der Waals surface area contributed by atoms with E-state index in [0.29, 0.717) is 5.56 Å². The Morgan fingerprint density at radius 3 is 2.68 bits per heavy atom. The topological polar surface area (TPSA) is 43.1 Å². The van der Waals surface area contributed by atoms with E-state index in [1.54, 1.807) is 24.2 Å². The van der Waals surface area contributed by atoms with Crippen LogP contribution in [0.25, 0.3) is 22.3 Å². The van der Waals surface area contributed by atoms with Gasteiger partial charge in [0.15, 0.2) is 0 Å². The van der Waals surface area contributed by atoms with Crippen molar-refractivity contribution in [2.24, 2.45) is 0 Å². The summed E-state index contributed by atoms with van der Waals surface area (Å²) in [4.78, 5) is 17.6. The Bertz CT molecular complexity index is 856. The summed E-state index contributed by atoms with van der Waals surface area (Å²) in [6, 6.07) is 11.8. The predicted octanol–water partition coefficient (Wildman–Crippen LogP) is 4.40. The smallest absolute Gasteiger partial charge is 0.344 e. The Morgan fingerprint density at radius 1 is 1.14 bits per heavy atom. The van der Waals surface area contributed by atoms with Crippen LogP contribution in [0.4, 0.5) is 0 Å². The van der Waals surface area contributed by atoms with Crippen LogP contribution in [0.1, 0.15) is 5.56 Å². The molecule has 0 N–H and O–H groups in total. The Labute approximate surface area is 133 Å². The van der Waals surface area contributed by atoms with Crippen molar-refractivity contribution in [1.29, 1.82) is 0 Å². The van der Waals surface area contributed by atoms with Crippen molar-refractivity contribution >= 4 is 11.8 Å². The molecule has 0 saturated carbocycles. The molecule has 1 aromatic carbocycles. The maximum atomic E-state index is 12.2. The van der Waals surface area contributed by atoms with Gasteiger partial charge in [0.1, 0.15) is 0 Å². The highest BCUT2D eigenvalue weighted by atomic mass is 32.2. The summed E-state index contributed by atoms with van der Waals surface area (Å²) in [5.41, 5.74) is 4.00. The van der Waals surface area contributed by atoms with Gasteiger partial charge in [0.05, 0.1) is 11.8 Å². The predicted molar refractivity (Wildman–Crippen MR) is 90.2 cm³/mol. The molecule has 4 heteroatoms. The van der Waals surface area contributed by atoms with Gasteiger partial charge in [0, 0.05) is 28.4 Å². The maximum absolute atomic E-state index is 12.2. The van der Waals surface area contributed by atoms with Crippen molar-refractivity contribution in [2.45, 2.75) is 11.8 Å². The van der Waals surface area contributed by atoms with Gasteiger partial charge >= 0.3 is 5.63 Å². The molecule has 0 aliphatic heterocycles. The van der Waals surface area contributed by atoms with E-state index in [-0.39, 0.29) is 5.63 Å². The molecule has 110 valence electrons. The van der Waals surface area contributed by atoms with Gasteiger partial charge in [-0.05, 0) is 48.6 Å². The molecule has 0 saturated heterocycles. The van der Waals surface area contributed by atoms with Crippen molar-refractivity contribution in [3.63, 3.8) is 0 Å². The largest absolute Gasteiger partial charge is 0.431 e. The number of aromatic nitrogens is 1. The molecule has 0 atom stereocenters. The minimum Gasteiger partial charge on any atom is -0.431 e. The lowest BCUT2D eigenvalue weighted by Crippen LogP contribution is -2.05. The minimum atomic E-state index is -0.348. The quantitative estimate of drug-likeness (QED) is 0.673. The molecular formula is C18H15NO2S. The standard InChI is InChI=1S/C18H15NO2S/c1-12-10-14(22-2)5-6-15(12)16-7-9-21-18(20)17(16)13-4-3-8-19-11-13/h3-11H,1-2H3. The van der Waals surface area contributed by atoms with Crippen molar-refractivity contribution in [3.05, 3.63) is 71.0 Å². The molecule has 0 amide bonds. The van der Waals surface area contributed by atoms with Crippen molar-refractivity contribution in [3.8, 4) is 22.3 Å². The zero-order valence-electron chi connectivity index (χ0n) is 12.4. The number of nitrogens with zero attached hydrogens (tertiary/aromatic N) is 1. The van der Waals surface area contributed by atoms with Gasteiger partial charge < -0.3 is 4.42 Å². The van der Waals surface area contributed by atoms with Crippen LogP contribution in [-0.4, -0.2) is 11.2 Å². The first-order chi connectivity index (χ1) is 10.7. The molecule has 0 spiro atoms. The average Bonchev–Trinajstić information content (AvgIpc) is 2.55. The van der Waals surface area contributed by atoms with E-state index in [1.165, 1.54) is 11.2 Å². The number of benzene rings is 1. The molecule has 2 heterocycles. The van der Waals surface area contributed by atoms with E-state index in [9.17, 15) is 4.79 Å². The highest BCUT2D eigenvalue weighted by Gasteiger charge is 2.14. The minimum absolute atomic E-state index is 0.348. The van der Waals surface area contributed by atoms with Crippen LogP contribution in [0.5, 0.6) is 0 Å². The lowest BCUT2D eigenvalue weighted by Gasteiger charge is -2.11. The highest BCUT2D eigenvalue weighted by Crippen LogP contribution is 2.32. The fourth-order valence-corrected chi connectivity index (χ4v) is 2.99. The second-order valence-corrected chi connectivity index (χ2v) is 5.80. The Kier molecular flexibility index (Phi) is 4.11. The first kappa shape index (κ1) is 14.6. The third-order valence-electron chi connectivity index (χ3n) is 3.56. The summed E-state index contributed by atoms with van der Waals surface area (Å²) in [7, 11) is 0. The zero-order chi connectivity index (χ0) is 15.5. The lowest BCUT2D eigenvalue weighted by molar-refractivity contribution is 0.514. The van der Waals surface area contributed by atoms with E-state index in [4.69, 9.17) is 4.42 Å². The summed E-state index contributed by atoms with van der Waals surface area (Å²) >= 11 is 1.70. The number of aryl methyl sites for hydroxylation is 1. The summed E-state index contributed by atoms with van der Waals surface area (Å²) in [5, 5.41) is 0. The average molecular weight is 309 g/mol. The van der Waals surface area contributed by atoms with Crippen LogP contribution >= 0.6 is 11.8 Å². The summed E-state index contributed by atoms with van der Waals surface area (Å²) in [5.74, 6) is 0. The molecule has 3 rings (SSSR count). The van der Waals surface area contributed by atoms with Crippen LogP contribution in [-0.2, 0) is 0 Å². The van der Waals surface area contributed by atoms with Crippen LogP contribution in [0.2, 0.25) is 0 Å². The van der Waals surface area contributed by atoms with E-state index >= 15 is 0 Å². The summed E-state index contributed by atoms with van der Waals surface area (Å²) < 4.78 is 5.07. The SMILES string of the molecule is CSc1ccc(-c2ccoc(=O)c2-c2cccnc2)c(C)c1. The Balaban J connectivity index is 2.25. The monoisotopic (exact) mass is 309 g/mol. The van der Waals surface area contributed by atoms with E-state index < -0.39 is 0 Å². The third kappa shape index (κ3) is 2.70. The van der Waals surface area contributed by atoms with Crippen LogP contribution < -0.4 is 5.63 Å². The molecule has 0 bridgehead atoms. The third-order valence-corrected chi connectivity index (χ3v) is 4.28. The van der Waals surface area contributed by atoms with E-state index in [0.717, 1.165) is 22.3 Å². The number of hydrogen-bond acceptors (Lipinski definition) is 4. The van der Waals surface area contributed by atoms with Gasteiger partial charge in [-0.3, -0.25) is 4.98 Å². The first-order valence-electron chi connectivity index (χ1n) is 6.88. The molecule has 3 aromatic rings. The molecule has 0 aliphatic carbocycles. The van der Waals surface area contributed by atoms with Crippen LogP contribution in [0.15, 0.2) is 69.2 Å². The second-order valence-electron chi connectivity index (χ2n) is 4.92. The Hall–Kier alpha value is -2.33. The van der Waals surface area contributed by atoms with E-state index in [1.807, 2.05) is 24.5 Å². The first-order valence-corrected chi connectivity index (χ1v) is 8.10. The molecule has 0 fully saturated rings. The maximum Gasteiger partial charge on any atom is 0.344 e. The second kappa shape index (κ2) is 6.20. The van der Waals surface area contributed by atoms with Gasteiger partial charge in [-0.15, -0.1) is 11.8 Å². The van der Waals surface area contributed by atoms with Crippen molar-refractivity contribution in [2.75, 3.05) is 6.26 Å². The van der Waals surface area contributed by atoms with Crippen molar-refractivity contribution in [1.82, 2.24) is 4.98 Å². The van der Waals surface area contributed by atoms with Gasteiger partial charge in [0.2, 0.25) is 0 Å². The number of thioether (sulfide) groups is 1. The zero-order valence-corrected chi connectivity index (χ0v) is 13.2. The lowest BCUT2D eigenvalue weighted by atomic mass is 9.95. The fourth-order valence-electron chi connectivity index (χ4n) is 2.49. The molecule has 22 heavy (non-hydrogen) atoms. The van der Waals surface area contributed by atoms with Gasteiger partial charge in [-0.1, -0.05) is 12.1 Å². The van der Waals surface area contributed by atoms with Crippen LogP contribution in [0.3, 0.4) is 0 Å². The van der Waals surface area contributed by atoms with Gasteiger partial charge in [-0.25, -0.2) is 4.79 Å². The fraction of sp³-hybridized carbons (Fsp3) is 0.111. The number of pyridine rings is 1. The molecular weight excluding hydrogens is 294 g/mol. The molecule has 3 nitrogen and oxygen atoms in total. The molecule has 2 aromatic heterocycles.